The Kier molecular flexibility index (Phi) is 4.51. The van der Waals surface area contributed by atoms with E-state index in [1.807, 2.05) is 13.0 Å². The maximum absolute atomic E-state index is 12.4. The smallest absolute Gasteiger partial charge is 0.229 e. The molecule has 0 aliphatic heterocycles. The summed E-state index contributed by atoms with van der Waals surface area (Å²) in [6.07, 6.45) is 1.66. The minimum atomic E-state index is -1.72. The Morgan fingerprint density at radius 3 is 2.81 bits per heavy atom. The third-order valence-corrected chi connectivity index (χ3v) is 6.63. The van der Waals surface area contributed by atoms with Crippen molar-refractivity contribution in [2.24, 2.45) is 11.3 Å². The summed E-state index contributed by atoms with van der Waals surface area (Å²) in [4.78, 5) is 25.7. The lowest BCUT2D eigenvalue weighted by Crippen LogP contribution is -2.49. The molecule has 0 bridgehead atoms. The van der Waals surface area contributed by atoms with Gasteiger partial charge in [0.25, 0.3) is 0 Å². The van der Waals surface area contributed by atoms with E-state index >= 15 is 0 Å². The number of rotatable bonds is 4. The lowest BCUT2D eigenvalue weighted by atomic mass is 9.94. The van der Waals surface area contributed by atoms with Crippen LogP contribution in [-0.4, -0.2) is 55.8 Å². The number of furan rings is 1. The highest BCUT2D eigenvalue weighted by Gasteiger charge is 2.76. The average Bonchev–Trinajstić information content (AvgIpc) is 3.12. The van der Waals surface area contributed by atoms with Gasteiger partial charge in [-0.15, -0.1) is 0 Å². The number of carbonyl (C=O) groups excluding carboxylic acids is 1. The first-order valence-electron chi connectivity index (χ1n) is 10.5. The van der Waals surface area contributed by atoms with E-state index in [0.29, 0.717) is 29.2 Å². The Labute approximate surface area is 184 Å². The van der Waals surface area contributed by atoms with Gasteiger partial charge in [0.1, 0.15) is 11.9 Å². The van der Waals surface area contributed by atoms with Crippen molar-refractivity contribution in [3.05, 3.63) is 35.8 Å². The molecule has 2 aliphatic rings. The van der Waals surface area contributed by atoms with E-state index in [9.17, 15) is 15.0 Å². The molecule has 0 saturated heterocycles. The van der Waals surface area contributed by atoms with Crippen LogP contribution in [0.3, 0.4) is 0 Å². The molecule has 3 aromatic heterocycles. The van der Waals surface area contributed by atoms with Gasteiger partial charge in [-0.25, -0.2) is 15.0 Å². The highest BCUT2D eigenvalue weighted by Crippen LogP contribution is 2.68. The van der Waals surface area contributed by atoms with Crippen molar-refractivity contribution in [3.8, 4) is 11.8 Å². The minimum absolute atomic E-state index is 0.114. The van der Waals surface area contributed by atoms with Crippen LogP contribution >= 0.6 is 0 Å². The molecule has 32 heavy (non-hydrogen) atoms. The number of hydrogen-bond donors (Lipinski definition) is 4. The number of aromatic nitrogens is 4. The fraction of sp³-hybridized carbons (Fsp3) is 0.455. The number of nitrogens with zero attached hydrogens (tertiary/aromatic N) is 4. The molecule has 0 spiro atoms. The molecule has 166 valence electrons. The van der Waals surface area contributed by atoms with E-state index in [1.54, 1.807) is 13.1 Å². The number of aliphatic hydroxyl groups is 2. The number of anilines is 1. The van der Waals surface area contributed by atoms with Crippen molar-refractivity contribution < 1.29 is 19.4 Å². The van der Waals surface area contributed by atoms with Crippen molar-refractivity contribution >= 4 is 22.9 Å². The van der Waals surface area contributed by atoms with Gasteiger partial charge in [0, 0.05) is 26.9 Å². The zero-order chi connectivity index (χ0) is 22.7. The Morgan fingerprint density at radius 1 is 1.31 bits per heavy atom. The van der Waals surface area contributed by atoms with E-state index in [0.717, 1.165) is 12.2 Å². The van der Waals surface area contributed by atoms with E-state index in [1.165, 1.54) is 17.9 Å². The molecule has 4 N–H and O–H groups in total. The van der Waals surface area contributed by atoms with Gasteiger partial charge in [-0.05, 0) is 36.3 Å². The van der Waals surface area contributed by atoms with E-state index < -0.39 is 17.2 Å². The minimum Gasteiger partial charge on any atom is -0.453 e. The fourth-order valence-corrected chi connectivity index (χ4v) is 4.86. The van der Waals surface area contributed by atoms with Gasteiger partial charge in [-0.3, -0.25) is 9.36 Å². The molecule has 0 radical (unpaired) electrons. The van der Waals surface area contributed by atoms with Crippen LogP contribution < -0.4 is 10.6 Å². The Morgan fingerprint density at radius 2 is 2.12 bits per heavy atom. The first-order valence-corrected chi connectivity index (χ1v) is 10.5. The number of aliphatic hydroxyl groups excluding tert-OH is 1. The maximum Gasteiger partial charge on any atom is 0.229 e. The molecule has 2 aliphatic carbocycles. The Hall–Kier alpha value is -3.42. The SMILES string of the molecule is CCc1ccc(C#Cc2nc(NC)c3ncn([C@@]4(O)CC5CC5(C(=O)NC)[C@H]4O)c3n2)o1. The normalized spacial score (nSPS) is 28.2. The first kappa shape index (κ1) is 20.5. The second kappa shape index (κ2) is 7.05. The number of amides is 1. The fourth-order valence-electron chi connectivity index (χ4n) is 4.86. The third-order valence-electron chi connectivity index (χ3n) is 6.63. The van der Waals surface area contributed by atoms with Gasteiger partial charge < -0.3 is 25.3 Å². The maximum atomic E-state index is 12.4. The van der Waals surface area contributed by atoms with Gasteiger partial charge >= 0.3 is 0 Å². The van der Waals surface area contributed by atoms with Gasteiger partial charge in [0.2, 0.25) is 11.7 Å². The number of hydrogen-bond acceptors (Lipinski definition) is 8. The summed E-state index contributed by atoms with van der Waals surface area (Å²) in [5.41, 5.74) is -1.96. The number of nitrogens with one attached hydrogen (secondary N) is 2. The molecule has 1 amide bonds. The van der Waals surface area contributed by atoms with Crippen LogP contribution in [0.5, 0.6) is 0 Å². The lowest BCUT2D eigenvalue weighted by molar-refractivity contribution is -0.155. The standard InChI is InChI=1S/C22H24N6O4/c1-4-13-5-6-14(32-13)7-8-15-26-17(23-2)16-18(27-15)28(11-25-16)22(31)10-12-9-21(12,19(22)29)20(30)24-3/h5-6,11-12,19,29,31H,4,9-10H2,1-3H3,(H,24,30)(H,23,26,27)/t12?,19-,21?,22-/m1/s1. The summed E-state index contributed by atoms with van der Waals surface area (Å²) < 4.78 is 7.04. The molecule has 10 nitrogen and oxygen atoms in total. The zero-order valence-corrected chi connectivity index (χ0v) is 18.0. The van der Waals surface area contributed by atoms with Crippen LogP contribution in [-0.2, 0) is 16.9 Å². The van der Waals surface area contributed by atoms with E-state index in [-0.39, 0.29) is 24.1 Å². The predicted molar refractivity (Wildman–Crippen MR) is 114 cm³/mol. The molecule has 10 heteroatoms. The summed E-state index contributed by atoms with van der Waals surface area (Å²) in [5.74, 6) is 7.41. The van der Waals surface area contributed by atoms with Crippen molar-refractivity contribution in [1.29, 1.82) is 0 Å². The van der Waals surface area contributed by atoms with Gasteiger partial charge in [0.15, 0.2) is 28.5 Å². The zero-order valence-electron chi connectivity index (χ0n) is 18.0. The van der Waals surface area contributed by atoms with Crippen LogP contribution in [0.4, 0.5) is 5.82 Å². The average molecular weight is 436 g/mol. The molecule has 2 saturated carbocycles. The summed E-state index contributed by atoms with van der Waals surface area (Å²) in [6.45, 7) is 1.99. The number of imidazole rings is 1. The summed E-state index contributed by atoms with van der Waals surface area (Å²) in [6, 6.07) is 3.66. The Balaban J connectivity index is 1.57. The highest BCUT2D eigenvalue weighted by molar-refractivity contribution is 5.88. The molecule has 2 fully saturated rings. The molecule has 3 heterocycles. The van der Waals surface area contributed by atoms with Crippen LogP contribution in [0, 0.1) is 23.2 Å². The highest BCUT2D eigenvalue weighted by atomic mass is 16.4. The van der Waals surface area contributed by atoms with Gasteiger partial charge in [0.05, 0.1) is 11.7 Å². The van der Waals surface area contributed by atoms with Crippen molar-refractivity contribution in [1.82, 2.24) is 24.8 Å². The van der Waals surface area contributed by atoms with Gasteiger partial charge in [-0.2, -0.15) is 0 Å². The topological polar surface area (TPSA) is 138 Å². The van der Waals surface area contributed by atoms with Crippen LogP contribution in [0.2, 0.25) is 0 Å². The molecule has 2 unspecified atom stereocenters. The largest absolute Gasteiger partial charge is 0.453 e. The summed E-state index contributed by atoms with van der Waals surface area (Å²) in [5, 5.41) is 28.1. The van der Waals surface area contributed by atoms with Crippen molar-refractivity contribution in [2.45, 2.75) is 38.0 Å². The summed E-state index contributed by atoms with van der Waals surface area (Å²) >= 11 is 0. The first-order chi connectivity index (χ1) is 15.4. The number of carbonyl (C=O) groups is 1. The third kappa shape index (κ3) is 2.75. The lowest BCUT2D eigenvalue weighted by Gasteiger charge is -2.33. The molecular formula is C22H24N6O4. The van der Waals surface area contributed by atoms with Crippen LogP contribution in [0.25, 0.3) is 11.2 Å². The Bertz CT molecular complexity index is 1290. The summed E-state index contributed by atoms with van der Waals surface area (Å²) in [7, 11) is 3.23. The molecular weight excluding hydrogens is 412 g/mol. The van der Waals surface area contributed by atoms with E-state index in [2.05, 4.69) is 37.4 Å². The second-order valence-corrected chi connectivity index (χ2v) is 8.31. The molecule has 5 rings (SSSR count). The van der Waals surface area contributed by atoms with Crippen LogP contribution in [0.1, 0.15) is 37.1 Å². The van der Waals surface area contributed by atoms with Crippen LogP contribution in [0.15, 0.2) is 22.9 Å². The van der Waals surface area contributed by atoms with E-state index in [4.69, 9.17) is 4.42 Å². The quantitative estimate of drug-likeness (QED) is 0.436. The monoisotopic (exact) mass is 436 g/mol. The molecule has 4 atom stereocenters. The van der Waals surface area contributed by atoms with Gasteiger partial charge in [-0.1, -0.05) is 6.92 Å². The number of fused-ring (bicyclic) bond motifs is 2. The number of aryl methyl sites for hydroxylation is 1. The van der Waals surface area contributed by atoms with Crippen molar-refractivity contribution in [2.75, 3.05) is 19.4 Å². The molecule has 0 aromatic carbocycles. The van der Waals surface area contributed by atoms with Crippen molar-refractivity contribution in [3.63, 3.8) is 0 Å². The predicted octanol–water partition coefficient (Wildman–Crippen LogP) is 0.585. The second-order valence-electron chi connectivity index (χ2n) is 8.31. The molecule has 3 aromatic rings.